The number of ether oxygens (including phenoxy) is 1. The first kappa shape index (κ1) is 16.0. The topological polar surface area (TPSA) is 41.6 Å². The van der Waals surface area contributed by atoms with E-state index in [-0.39, 0.29) is 18.6 Å². The lowest BCUT2D eigenvalue weighted by molar-refractivity contribution is -0.125. The maximum absolute atomic E-state index is 11.7. The molecule has 0 unspecified atom stereocenters. The molecule has 1 aliphatic heterocycles. The third-order valence-corrected chi connectivity index (χ3v) is 4.03. The minimum Gasteiger partial charge on any atom is -0.375 e. The van der Waals surface area contributed by atoms with Gasteiger partial charge in [-0.15, -0.1) is 0 Å². The molecular weight excluding hydrogens is 264 g/mol. The third-order valence-electron chi connectivity index (χ3n) is 4.03. The smallest absolute Gasteiger partial charge is 0.246 e. The number of amides is 1. The van der Waals surface area contributed by atoms with Crippen molar-refractivity contribution in [3.8, 4) is 0 Å². The van der Waals surface area contributed by atoms with Gasteiger partial charge < -0.3 is 10.1 Å². The van der Waals surface area contributed by atoms with Crippen LogP contribution in [0.25, 0.3) is 0 Å². The molecule has 1 saturated heterocycles. The Bertz CT molecular complexity index is 414. The Balaban J connectivity index is 2.04. The second-order valence-corrected chi connectivity index (χ2v) is 5.61. The number of benzene rings is 1. The van der Waals surface area contributed by atoms with E-state index in [1.807, 2.05) is 6.07 Å². The highest BCUT2D eigenvalue weighted by Crippen LogP contribution is 2.23. The SMILES string of the molecule is COCC(=O)NC[C@@H](c1ccccc1)N1CCCCCC1. The molecule has 1 heterocycles. The summed E-state index contributed by atoms with van der Waals surface area (Å²) < 4.78 is 4.88. The van der Waals surface area contributed by atoms with Gasteiger partial charge in [-0.25, -0.2) is 0 Å². The average molecular weight is 290 g/mol. The number of likely N-dealkylation sites (tertiary alicyclic amines) is 1. The van der Waals surface area contributed by atoms with E-state index in [0.717, 1.165) is 13.1 Å². The quantitative estimate of drug-likeness (QED) is 0.874. The first-order valence-corrected chi connectivity index (χ1v) is 7.86. The van der Waals surface area contributed by atoms with Crippen molar-refractivity contribution in [2.24, 2.45) is 0 Å². The van der Waals surface area contributed by atoms with Gasteiger partial charge in [0.1, 0.15) is 6.61 Å². The molecule has 1 aromatic rings. The number of methoxy groups -OCH3 is 1. The Kier molecular flexibility index (Phi) is 6.70. The molecular formula is C17H26N2O2. The predicted molar refractivity (Wildman–Crippen MR) is 84.1 cm³/mol. The van der Waals surface area contributed by atoms with Crippen molar-refractivity contribution in [1.29, 1.82) is 0 Å². The molecule has 0 bridgehead atoms. The molecule has 2 rings (SSSR count). The first-order chi connectivity index (χ1) is 10.3. The number of nitrogens with zero attached hydrogens (tertiary/aromatic N) is 1. The summed E-state index contributed by atoms with van der Waals surface area (Å²) in [7, 11) is 1.54. The highest BCUT2D eigenvalue weighted by Gasteiger charge is 2.21. The van der Waals surface area contributed by atoms with Gasteiger partial charge >= 0.3 is 0 Å². The number of hydrogen-bond acceptors (Lipinski definition) is 3. The van der Waals surface area contributed by atoms with Crippen LogP contribution in [-0.4, -0.2) is 44.2 Å². The molecule has 0 aliphatic carbocycles. The number of hydrogen-bond donors (Lipinski definition) is 1. The van der Waals surface area contributed by atoms with Crippen LogP contribution >= 0.6 is 0 Å². The van der Waals surface area contributed by atoms with E-state index in [1.54, 1.807) is 7.11 Å². The van der Waals surface area contributed by atoms with Crippen LogP contribution in [-0.2, 0) is 9.53 Å². The van der Waals surface area contributed by atoms with E-state index in [4.69, 9.17) is 4.74 Å². The fourth-order valence-electron chi connectivity index (χ4n) is 2.93. The highest BCUT2D eigenvalue weighted by molar-refractivity contribution is 5.77. The van der Waals surface area contributed by atoms with Gasteiger partial charge in [0.05, 0.1) is 6.04 Å². The largest absolute Gasteiger partial charge is 0.375 e. The van der Waals surface area contributed by atoms with Crippen molar-refractivity contribution < 1.29 is 9.53 Å². The number of rotatable bonds is 6. The molecule has 4 nitrogen and oxygen atoms in total. The van der Waals surface area contributed by atoms with Crippen molar-refractivity contribution in [2.75, 3.05) is 33.4 Å². The minimum atomic E-state index is -0.0479. The number of carbonyl (C=O) groups is 1. The molecule has 1 atom stereocenters. The Morgan fingerprint density at radius 1 is 1.19 bits per heavy atom. The second kappa shape index (κ2) is 8.80. The monoisotopic (exact) mass is 290 g/mol. The van der Waals surface area contributed by atoms with Crippen molar-refractivity contribution in [3.63, 3.8) is 0 Å². The van der Waals surface area contributed by atoms with Gasteiger partial charge in [0.2, 0.25) is 5.91 Å². The highest BCUT2D eigenvalue weighted by atomic mass is 16.5. The van der Waals surface area contributed by atoms with Crippen molar-refractivity contribution >= 4 is 5.91 Å². The molecule has 4 heteroatoms. The lowest BCUT2D eigenvalue weighted by Gasteiger charge is -2.31. The van der Waals surface area contributed by atoms with Crippen LogP contribution in [0.2, 0.25) is 0 Å². The predicted octanol–water partition coefficient (Wildman–Crippen LogP) is 2.37. The normalized spacial score (nSPS) is 18.0. The zero-order valence-electron chi connectivity index (χ0n) is 12.9. The Morgan fingerprint density at radius 2 is 1.86 bits per heavy atom. The Labute approximate surface area is 127 Å². The lowest BCUT2D eigenvalue weighted by atomic mass is 10.0. The maximum atomic E-state index is 11.7. The lowest BCUT2D eigenvalue weighted by Crippen LogP contribution is -2.39. The van der Waals surface area contributed by atoms with Gasteiger partial charge in [-0.2, -0.15) is 0 Å². The molecule has 0 spiro atoms. The third kappa shape index (κ3) is 5.14. The molecule has 1 aromatic carbocycles. The van der Waals surface area contributed by atoms with E-state index < -0.39 is 0 Å². The molecule has 21 heavy (non-hydrogen) atoms. The molecule has 1 amide bonds. The summed E-state index contributed by atoms with van der Waals surface area (Å²) in [6.07, 6.45) is 5.12. The summed E-state index contributed by atoms with van der Waals surface area (Å²) in [4.78, 5) is 14.2. The van der Waals surface area contributed by atoms with E-state index in [9.17, 15) is 4.79 Å². The zero-order chi connectivity index (χ0) is 14.9. The standard InChI is InChI=1S/C17H26N2O2/c1-21-14-17(20)18-13-16(15-9-5-4-6-10-15)19-11-7-2-3-8-12-19/h4-6,9-10,16H,2-3,7-8,11-14H2,1H3,(H,18,20)/t16-/m0/s1. The van der Waals surface area contributed by atoms with E-state index in [0.29, 0.717) is 6.54 Å². The van der Waals surface area contributed by atoms with Gasteiger partial charge in [0.15, 0.2) is 0 Å². The number of carbonyl (C=O) groups excluding carboxylic acids is 1. The van der Waals surface area contributed by atoms with Crippen LogP contribution in [0.5, 0.6) is 0 Å². The minimum absolute atomic E-state index is 0.0479. The van der Waals surface area contributed by atoms with Crippen molar-refractivity contribution in [2.45, 2.75) is 31.7 Å². The van der Waals surface area contributed by atoms with Gasteiger partial charge in [0.25, 0.3) is 0 Å². The summed E-state index contributed by atoms with van der Waals surface area (Å²) in [5, 5.41) is 2.99. The molecule has 1 fully saturated rings. The van der Waals surface area contributed by atoms with E-state index in [1.165, 1.54) is 31.2 Å². The molecule has 1 aliphatic rings. The average Bonchev–Trinajstić information content (AvgIpc) is 2.78. The zero-order valence-corrected chi connectivity index (χ0v) is 12.9. The first-order valence-electron chi connectivity index (χ1n) is 7.86. The molecule has 0 aromatic heterocycles. The molecule has 116 valence electrons. The van der Waals surface area contributed by atoms with E-state index in [2.05, 4.69) is 34.5 Å². The van der Waals surface area contributed by atoms with Crippen LogP contribution in [0.1, 0.15) is 37.3 Å². The molecule has 0 radical (unpaired) electrons. The van der Waals surface area contributed by atoms with Crippen LogP contribution in [0.4, 0.5) is 0 Å². The molecule has 0 saturated carbocycles. The molecule has 1 N–H and O–H groups in total. The van der Waals surface area contributed by atoms with Gasteiger partial charge in [-0.3, -0.25) is 9.69 Å². The summed E-state index contributed by atoms with van der Waals surface area (Å²) in [5.74, 6) is -0.0479. The van der Waals surface area contributed by atoms with Gasteiger partial charge in [-0.1, -0.05) is 43.2 Å². The van der Waals surface area contributed by atoms with Crippen LogP contribution in [0.15, 0.2) is 30.3 Å². The maximum Gasteiger partial charge on any atom is 0.246 e. The van der Waals surface area contributed by atoms with Gasteiger partial charge in [0, 0.05) is 13.7 Å². The summed E-state index contributed by atoms with van der Waals surface area (Å²) in [6, 6.07) is 10.7. The Hall–Kier alpha value is -1.39. The fraction of sp³-hybridized carbons (Fsp3) is 0.588. The van der Waals surface area contributed by atoms with E-state index >= 15 is 0 Å². The van der Waals surface area contributed by atoms with Crippen LogP contribution in [0.3, 0.4) is 0 Å². The van der Waals surface area contributed by atoms with Crippen molar-refractivity contribution in [3.05, 3.63) is 35.9 Å². The van der Waals surface area contributed by atoms with Crippen LogP contribution < -0.4 is 5.32 Å². The van der Waals surface area contributed by atoms with Crippen LogP contribution in [0, 0.1) is 0 Å². The Morgan fingerprint density at radius 3 is 2.48 bits per heavy atom. The van der Waals surface area contributed by atoms with Gasteiger partial charge in [-0.05, 0) is 31.5 Å². The van der Waals surface area contributed by atoms with Crippen molar-refractivity contribution in [1.82, 2.24) is 10.2 Å². The fourth-order valence-corrected chi connectivity index (χ4v) is 2.93. The number of nitrogens with one attached hydrogen (secondary N) is 1. The second-order valence-electron chi connectivity index (χ2n) is 5.61. The summed E-state index contributed by atoms with van der Waals surface area (Å²) in [5.41, 5.74) is 1.28. The summed E-state index contributed by atoms with van der Waals surface area (Å²) >= 11 is 0. The summed E-state index contributed by atoms with van der Waals surface area (Å²) in [6.45, 7) is 2.99.